The van der Waals surface area contributed by atoms with Gasteiger partial charge < -0.3 is 5.11 Å². The Kier molecular flexibility index (Phi) is 11.9. The molecule has 2 aromatic carbocycles. The Bertz CT molecular complexity index is 669. The third kappa shape index (κ3) is 8.69. The van der Waals surface area contributed by atoms with Gasteiger partial charge in [-0.25, -0.2) is 0 Å². The molecule has 0 aromatic heterocycles. The van der Waals surface area contributed by atoms with E-state index in [1.165, 1.54) is 92.5 Å². The number of benzene rings is 2. The maximum Gasteiger partial charge on any atom is 0.130 e. The first-order valence-electron chi connectivity index (χ1n) is 11.0. The van der Waals surface area contributed by atoms with Gasteiger partial charge in [-0.3, -0.25) is 0 Å². The van der Waals surface area contributed by atoms with Crippen LogP contribution in [0.1, 0.15) is 75.8 Å². The van der Waals surface area contributed by atoms with Crippen molar-refractivity contribution in [2.75, 3.05) is 0 Å². The second-order valence-corrected chi connectivity index (χ2v) is 10.8. The summed E-state index contributed by atoms with van der Waals surface area (Å²) in [6.45, 7) is 2.28. The smallest absolute Gasteiger partial charge is 0.130 e. The van der Waals surface area contributed by atoms with Crippen LogP contribution >= 0.6 is 21.8 Å². The molecule has 0 aliphatic heterocycles. The van der Waals surface area contributed by atoms with E-state index in [2.05, 4.69) is 59.1 Å². The quantitative estimate of drug-likeness (QED) is 0.119. The molecule has 0 aliphatic rings. The zero-order chi connectivity index (χ0) is 20.0. The van der Waals surface area contributed by atoms with E-state index in [-0.39, 0.29) is 0 Å². The van der Waals surface area contributed by atoms with Gasteiger partial charge in [-0.15, -0.1) is 21.8 Å². The summed E-state index contributed by atoms with van der Waals surface area (Å²) in [7, 11) is 0.974. The lowest BCUT2D eigenvalue weighted by atomic mass is 9.95. The summed E-state index contributed by atoms with van der Waals surface area (Å²) >= 11 is 2.46. The molecule has 0 saturated heterocycles. The van der Waals surface area contributed by atoms with E-state index in [0.29, 0.717) is 5.75 Å². The fraction of sp³-hybridized carbons (Fsp3) is 0.520. The summed E-state index contributed by atoms with van der Waals surface area (Å²) in [5.74, 6) is 0.377. The molecule has 0 aliphatic carbocycles. The molecule has 1 nitrogen and oxygen atoms in total. The normalized spacial score (nSPS) is 11.1. The van der Waals surface area contributed by atoms with Crippen LogP contribution < -0.4 is 0 Å². The topological polar surface area (TPSA) is 20.2 Å². The molecule has 2 radical (unpaired) electrons. The number of hydrogen-bond donors (Lipinski definition) is 1. The lowest BCUT2D eigenvalue weighted by Gasteiger charge is -2.11. The van der Waals surface area contributed by atoms with Gasteiger partial charge in [0.05, 0.1) is 0 Å². The first-order valence-corrected chi connectivity index (χ1v) is 15.3. The molecule has 2 rings (SSSR count). The zero-order valence-corrected chi connectivity index (χ0v) is 20.5. The van der Waals surface area contributed by atoms with Crippen molar-refractivity contribution in [1.82, 2.24) is 0 Å². The predicted octanol–water partition coefficient (Wildman–Crippen LogP) is 8.15. The Morgan fingerprint density at radius 2 is 1.46 bits per heavy atom. The van der Waals surface area contributed by atoms with Crippen molar-refractivity contribution >= 4 is 28.8 Å². The fourth-order valence-electron chi connectivity index (χ4n) is 3.73. The summed E-state index contributed by atoms with van der Waals surface area (Å²) in [5.41, 5.74) is 5.26. The van der Waals surface area contributed by atoms with Crippen molar-refractivity contribution in [2.45, 2.75) is 83.6 Å². The average molecular weight is 507 g/mol. The Balaban J connectivity index is 1.83. The van der Waals surface area contributed by atoms with Crippen LogP contribution in [0.5, 0.6) is 5.75 Å². The third-order valence-corrected chi connectivity index (χ3v) is 7.55. The average Bonchev–Trinajstić information content (AvgIpc) is 2.71. The molecule has 0 unspecified atom stereocenters. The summed E-state index contributed by atoms with van der Waals surface area (Å²) < 4.78 is 0. The zero-order valence-electron chi connectivity index (χ0n) is 17.4. The van der Waals surface area contributed by atoms with Crippen LogP contribution in [0.15, 0.2) is 42.5 Å². The number of hydrogen-bond acceptors (Lipinski definition) is 1. The molecular formula is C25H35IOSi. The molecule has 0 saturated carbocycles. The molecule has 1 N–H and O–H groups in total. The predicted molar refractivity (Wildman–Crippen MR) is 133 cm³/mol. The van der Waals surface area contributed by atoms with E-state index in [4.69, 9.17) is 0 Å². The Hall–Kier alpha value is -0.813. The van der Waals surface area contributed by atoms with Crippen molar-refractivity contribution in [3.05, 3.63) is 53.6 Å². The van der Waals surface area contributed by atoms with Crippen LogP contribution in [0.4, 0.5) is 0 Å². The molecule has 0 spiro atoms. The molecule has 0 amide bonds. The molecular weight excluding hydrogens is 471 g/mol. The number of unbranched alkanes of at least 4 members (excludes halogenated alkanes) is 7. The van der Waals surface area contributed by atoms with E-state index in [1.54, 1.807) is 0 Å². The van der Waals surface area contributed by atoms with Gasteiger partial charge in [0, 0.05) is 0 Å². The van der Waals surface area contributed by atoms with Gasteiger partial charge in [0.15, 0.2) is 0 Å². The summed E-state index contributed by atoms with van der Waals surface area (Å²) in [4.78, 5) is 0. The Labute approximate surface area is 187 Å². The maximum absolute atomic E-state index is 9.89. The fourth-order valence-corrected chi connectivity index (χ4v) is 5.18. The van der Waals surface area contributed by atoms with E-state index >= 15 is 0 Å². The minimum absolute atomic E-state index is 0.377. The van der Waals surface area contributed by atoms with Crippen LogP contribution in [-0.2, 0) is 12.8 Å². The van der Waals surface area contributed by atoms with Gasteiger partial charge in [-0.1, -0.05) is 94.7 Å². The third-order valence-electron chi connectivity index (χ3n) is 5.39. The van der Waals surface area contributed by atoms with Gasteiger partial charge in [0.1, 0.15) is 12.8 Å². The molecule has 0 fully saturated rings. The van der Waals surface area contributed by atoms with Gasteiger partial charge in [0.25, 0.3) is 0 Å². The molecule has 3 heteroatoms. The maximum atomic E-state index is 9.89. The second kappa shape index (κ2) is 14.2. The number of aromatic hydroxyl groups is 1. The minimum atomic E-state index is 0.377. The number of phenolic OH excluding ortho intramolecular Hbond substituents is 1. The SMILES string of the molecule is CCCCCCCCCCc1ccc(-c2ccc(O)cc2CCC[Si]I)cc1. The highest BCUT2D eigenvalue weighted by atomic mass is 127. The highest BCUT2D eigenvalue weighted by Crippen LogP contribution is 2.29. The molecule has 2 aromatic rings. The highest BCUT2D eigenvalue weighted by Gasteiger charge is 2.07. The first kappa shape index (κ1) is 23.5. The van der Waals surface area contributed by atoms with E-state index in [1.807, 2.05) is 12.1 Å². The van der Waals surface area contributed by atoms with Crippen LogP contribution in [0.3, 0.4) is 0 Å². The lowest BCUT2D eigenvalue weighted by Crippen LogP contribution is -1.92. The van der Waals surface area contributed by atoms with Crippen LogP contribution in [0.2, 0.25) is 6.04 Å². The Morgan fingerprint density at radius 1 is 0.786 bits per heavy atom. The monoisotopic (exact) mass is 506 g/mol. The highest BCUT2D eigenvalue weighted by molar-refractivity contribution is 14.1. The number of phenols is 1. The summed E-state index contributed by atoms with van der Waals surface area (Å²) in [6, 6.07) is 16.2. The summed E-state index contributed by atoms with van der Waals surface area (Å²) in [6.07, 6.45) is 14.4. The van der Waals surface area contributed by atoms with Gasteiger partial charge in [0.2, 0.25) is 0 Å². The molecule has 152 valence electrons. The largest absolute Gasteiger partial charge is 0.508 e. The van der Waals surface area contributed by atoms with Crippen LogP contribution in [-0.4, -0.2) is 12.1 Å². The van der Waals surface area contributed by atoms with Gasteiger partial charge in [-0.2, -0.15) is 0 Å². The van der Waals surface area contributed by atoms with Crippen molar-refractivity contribution in [1.29, 1.82) is 0 Å². The van der Waals surface area contributed by atoms with Crippen LogP contribution in [0, 0.1) is 0 Å². The van der Waals surface area contributed by atoms with Crippen molar-refractivity contribution < 1.29 is 5.11 Å². The number of aryl methyl sites for hydroxylation is 2. The van der Waals surface area contributed by atoms with Crippen molar-refractivity contribution in [3.63, 3.8) is 0 Å². The molecule has 0 heterocycles. The van der Waals surface area contributed by atoms with Crippen molar-refractivity contribution in [3.8, 4) is 16.9 Å². The molecule has 28 heavy (non-hydrogen) atoms. The minimum Gasteiger partial charge on any atom is -0.508 e. The molecule has 0 bridgehead atoms. The van der Waals surface area contributed by atoms with Gasteiger partial charge >= 0.3 is 0 Å². The van der Waals surface area contributed by atoms with E-state index in [0.717, 1.165) is 13.4 Å². The number of halogens is 1. The van der Waals surface area contributed by atoms with E-state index < -0.39 is 0 Å². The van der Waals surface area contributed by atoms with Crippen LogP contribution in [0.25, 0.3) is 11.1 Å². The Morgan fingerprint density at radius 3 is 2.14 bits per heavy atom. The van der Waals surface area contributed by atoms with Gasteiger partial charge in [-0.05, 0) is 53.6 Å². The first-order chi connectivity index (χ1) is 13.7. The lowest BCUT2D eigenvalue weighted by molar-refractivity contribution is 0.474. The van der Waals surface area contributed by atoms with Crippen molar-refractivity contribution in [2.24, 2.45) is 0 Å². The number of rotatable bonds is 14. The second-order valence-electron chi connectivity index (χ2n) is 7.75. The standard InChI is InChI=1S/C25H35IOSi/c1-2-3-4-5-6-7-8-9-11-21-13-15-22(16-14-21)25-18-17-24(27)20-23(25)12-10-19-28-26/h13-18,20,27H,2-12,19H2,1H3. The molecule has 0 atom stereocenters. The summed E-state index contributed by atoms with van der Waals surface area (Å²) in [5, 5.41) is 9.89. The van der Waals surface area contributed by atoms with E-state index in [9.17, 15) is 5.11 Å².